The average molecular weight is 304 g/mol. The van der Waals surface area contributed by atoms with Gasteiger partial charge in [0.1, 0.15) is 5.15 Å². The zero-order valence-corrected chi connectivity index (χ0v) is 11.5. The van der Waals surface area contributed by atoms with Gasteiger partial charge in [0.05, 0.1) is 0 Å². The zero-order valence-electron chi connectivity index (χ0n) is 9.17. The molecule has 1 aliphatic heterocycles. The number of aromatic nitrogens is 1. The normalized spacial score (nSPS) is 19.9. The van der Waals surface area contributed by atoms with Crippen molar-refractivity contribution in [2.24, 2.45) is 5.41 Å². The summed E-state index contributed by atoms with van der Waals surface area (Å²) in [7, 11) is -0.412. The molecule has 0 bridgehead atoms. The van der Waals surface area contributed by atoms with Gasteiger partial charge >= 0.3 is 7.12 Å². The summed E-state index contributed by atoms with van der Waals surface area (Å²) in [6.45, 7) is 5.51. The SMILES string of the molecule is CC1(C)COB(c2cc(Br)cnc2Cl)OC1. The Bertz CT molecular complexity index is 392. The number of rotatable bonds is 1. The first kappa shape index (κ1) is 12.4. The molecule has 0 aromatic carbocycles. The smallest absolute Gasteiger partial charge is 0.407 e. The molecule has 6 heteroatoms. The summed E-state index contributed by atoms with van der Waals surface area (Å²) >= 11 is 9.36. The van der Waals surface area contributed by atoms with E-state index in [-0.39, 0.29) is 5.41 Å². The maximum absolute atomic E-state index is 6.01. The lowest BCUT2D eigenvalue weighted by Gasteiger charge is -2.33. The highest BCUT2D eigenvalue weighted by Crippen LogP contribution is 2.22. The Hall–Kier alpha value is -0.0951. The third-order valence-electron chi connectivity index (χ3n) is 2.34. The fraction of sp³-hybridized carbons (Fsp3) is 0.500. The molecule has 1 aromatic rings. The molecule has 0 radical (unpaired) electrons. The summed E-state index contributed by atoms with van der Waals surface area (Å²) in [5.41, 5.74) is 0.828. The van der Waals surface area contributed by atoms with Crippen molar-refractivity contribution in [3.63, 3.8) is 0 Å². The molecule has 1 aliphatic rings. The molecule has 0 spiro atoms. The topological polar surface area (TPSA) is 31.4 Å². The fourth-order valence-electron chi connectivity index (χ4n) is 1.48. The standard InChI is InChI=1S/C10H12BBrClNO2/c1-10(2)5-15-11(16-6-10)8-3-7(12)4-14-9(8)13/h3-4H,5-6H2,1-2H3. The van der Waals surface area contributed by atoms with Crippen LogP contribution in [0.3, 0.4) is 0 Å². The van der Waals surface area contributed by atoms with Gasteiger partial charge in [-0.1, -0.05) is 25.4 Å². The van der Waals surface area contributed by atoms with Crippen LogP contribution in [0.15, 0.2) is 16.7 Å². The predicted molar refractivity (Wildman–Crippen MR) is 68.0 cm³/mol. The van der Waals surface area contributed by atoms with Crippen LogP contribution in [0, 0.1) is 5.41 Å². The highest BCUT2D eigenvalue weighted by molar-refractivity contribution is 9.10. The van der Waals surface area contributed by atoms with Crippen molar-refractivity contribution in [1.82, 2.24) is 4.98 Å². The first-order valence-electron chi connectivity index (χ1n) is 5.02. The molecule has 1 fully saturated rings. The lowest BCUT2D eigenvalue weighted by atomic mass is 9.77. The van der Waals surface area contributed by atoms with E-state index in [1.807, 2.05) is 6.07 Å². The number of hydrogen-bond acceptors (Lipinski definition) is 3. The minimum absolute atomic E-state index is 0.0580. The molecule has 16 heavy (non-hydrogen) atoms. The van der Waals surface area contributed by atoms with E-state index in [1.54, 1.807) is 6.20 Å². The van der Waals surface area contributed by atoms with Crippen molar-refractivity contribution in [3.05, 3.63) is 21.9 Å². The van der Waals surface area contributed by atoms with E-state index in [0.717, 1.165) is 9.94 Å². The first-order valence-corrected chi connectivity index (χ1v) is 6.19. The minimum Gasteiger partial charge on any atom is -0.407 e. The van der Waals surface area contributed by atoms with E-state index in [2.05, 4.69) is 34.8 Å². The third kappa shape index (κ3) is 2.77. The molecule has 1 aromatic heterocycles. The molecule has 3 nitrogen and oxygen atoms in total. The minimum atomic E-state index is -0.412. The van der Waals surface area contributed by atoms with Gasteiger partial charge in [0.15, 0.2) is 0 Å². The van der Waals surface area contributed by atoms with Crippen molar-refractivity contribution in [2.75, 3.05) is 13.2 Å². The molecule has 0 saturated carbocycles. The van der Waals surface area contributed by atoms with Gasteiger partial charge in [0.2, 0.25) is 0 Å². The van der Waals surface area contributed by atoms with Gasteiger partial charge in [0, 0.05) is 34.8 Å². The summed E-state index contributed by atoms with van der Waals surface area (Å²) < 4.78 is 12.2. The molecule has 0 atom stereocenters. The van der Waals surface area contributed by atoms with Crippen LogP contribution in [-0.4, -0.2) is 25.3 Å². The van der Waals surface area contributed by atoms with Crippen LogP contribution in [-0.2, 0) is 9.31 Å². The maximum atomic E-state index is 6.01. The molecule has 1 saturated heterocycles. The Morgan fingerprint density at radius 2 is 2.06 bits per heavy atom. The lowest BCUT2D eigenvalue weighted by molar-refractivity contribution is 0.0343. The van der Waals surface area contributed by atoms with E-state index in [9.17, 15) is 0 Å². The van der Waals surface area contributed by atoms with Crippen LogP contribution in [0.4, 0.5) is 0 Å². The van der Waals surface area contributed by atoms with Gasteiger partial charge in [-0.2, -0.15) is 0 Å². The summed E-state index contributed by atoms with van der Waals surface area (Å²) in [6.07, 6.45) is 1.65. The van der Waals surface area contributed by atoms with E-state index in [0.29, 0.717) is 18.4 Å². The lowest BCUT2D eigenvalue weighted by Crippen LogP contribution is -2.48. The second-order valence-electron chi connectivity index (χ2n) is 4.65. The third-order valence-corrected chi connectivity index (χ3v) is 3.09. The second kappa shape index (κ2) is 4.65. The monoisotopic (exact) mass is 303 g/mol. The van der Waals surface area contributed by atoms with E-state index in [1.165, 1.54) is 0 Å². The molecule has 86 valence electrons. The summed E-state index contributed by atoms with van der Waals surface area (Å²) in [5, 5.41) is 0.424. The molecule has 0 amide bonds. The summed E-state index contributed by atoms with van der Waals surface area (Å²) in [5.74, 6) is 0. The van der Waals surface area contributed by atoms with Crippen LogP contribution < -0.4 is 5.46 Å². The zero-order chi connectivity index (χ0) is 11.8. The van der Waals surface area contributed by atoms with Crippen molar-refractivity contribution in [2.45, 2.75) is 13.8 Å². The van der Waals surface area contributed by atoms with Crippen LogP contribution in [0.2, 0.25) is 5.15 Å². The van der Waals surface area contributed by atoms with Gasteiger partial charge in [-0.3, -0.25) is 0 Å². The van der Waals surface area contributed by atoms with Crippen LogP contribution in [0.1, 0.15) is 13.8 Å². The number of halogens is 2. The molecular formula is C10H12BBrClNO2. The molecule has 2 rings (SSSR count). The van der Waals surface area contributed by atoms with E-state index in [4.69, 9.17) is 20.9 Å². The Morgan fingerprint density at radius 3 is 2.69 bits per heavy atom. The highest BCUT2D eigenvalue weighted by atomic mass is 79.9. The molecule has 0 N–H and O–H groups in total. The Labute approximate surface area is 109 Å². The average Bonchev–Trinajstić information content (AvgIpc) is 2.22. The summed E-state index contributed by atoms with van der Waals surface area (Å²) in [4.78, 5) is 4.05. The van der Waals surface area contributed by atoms with Crippen molar-refractivity contribution in [3.8, 4) is 0 Å². The first-order chi connectivity index (χ1) is 7.48. The molecule has 2 heterocycles. The van der Waals surface area contributed by atoms with Crippen molar-refractivity contribution in [1.29, 1.82) is 0 Å². The predicted octanol–water partition coefficient (Wildman–Crippen LogP) is 2.27. The molecular weight excluding hydrogens is 292 g/mol. The van der Waals surface area contributed by atoms with E-state index >= 15 is 0 Å². The highest BCUT2D eigenvalue weighted by Gasteiger charge is 2.35. The van der Waals surface area contributed by atoms with Crippen molar-refractivity contribution < 1.29 is 9.31 Å². The largest absolute Gasteiger partial charge is 0.497 e. The van der Waals surface area contributed by atoms with Gasteiger partial charge in [-0.15, -0.1) is 0 Å². The number of pyridine rings is 1. The van der Waals surface area contributed by atoms with Gasteiger partial charge in [-0.25, -0.2) is 4.98 Å². The Balaban J connectivity index is 2.17. The second-order valence-corrected chi connectivity index (χ2v) is 5.93. The van der Waals surface area contributed by atoms with Gasteiger partial charge < -0.3 is 9.31 Å². The van der Waals surface area contributed by atoms with Gasteiger partial charge in [0.25, 0.3) is 0 Å². The number of hydrogen-bond donors (Lipinski definition) is 0. The molecule has 0 aliphatic carbocycles. The van der Waals surface area contributed by atoms with Crippen LogP contribution in [0.25, 0.3) is 0 Å². The Kier molecular flexibility index (Phi) is 3.59. The van der Waals surface area contributed by atoms with E-state index < -0.39 is 7.12 Å². The Morgan fingerprint density at radius 1 is 1.44 bits per heavy atom. The van der Waals surface area contributed by atoms with Crippen molar-refractivity contribution >= 4 is 40.1 Å². The van der Waals surface area contributed by atoms with Crippen LogP contribution >= 0.6 is 27.5 Å². The quantitative estimate of drug-likeness (QED) is 0.589. The fourth-order valence-corrected chi connectivity index (χ4v) is 2.02. The molecule has 0 unspecified atom stereocenters. The summed E-state index contributed by atoms with van der Waals surface area (Å²) in [6, 6.07) is 1.87. The number of nitrogens with zero attached hydrogens (tertiary/aromatic N) is 1. The van der Waals surface area contributed by atoms with Gasteiger partial charge in [-0.05, 0) is 22.0 Å². The maximum Gasteiger partial charge on any atom is 0.497 e. The van der Waals surface area contributed by atoms with Crippen LogP contribution in [0.5, 0.6) is 0 Å².